The van der Waals surface area contributed by atoms with Crippen LogP contribution in [0.5, 0.6) is 0 Å². The molecule has 1 aliphatic rings. The maximum Gasteiger partial charge on any atom is 0.328 e. The van der Waals surface area contributed by atoms with Crippen LogP contribution in [0.4, 0.5) is 0 Å². The number of hydrogen-bond acceptors (Lipinski definition) is 5. The van der Waals surface area contributed by atoms with Gasteiger partial charge in [-0.2, -0.15) is 0 Å². The number of carboxylic acid groups (broad SMARTS) is 1. The average Bonchev–Trinajstić information content (AvgIpc) is 3.03. The third-order valence-corrected chi connectivity index (χ3v) is 2.53. The van der Waals surface area contributed by atoms with Crippen LogP contribution in [-0.2, 0) is 4.79 Å². The van der Waals surface area contributed by atoms with Crippen molar-refractivity contribution in [3.05, 3.63) is 17.5 Å². The Hall–Kier alpha value is -1.89. The van der Waals surface area contributed by atoms with Crippen LogP contribution in [0.25, 0.3) is 0 Å². The molecule has 0 aliphatic heterocycles. The summed E-state index contributed by atoms with van der Waals surface area (Å²) in [6.07, 6.45) is 2.04. The molecule has 2 rings (SSSR count). The molecule has 1 aliphatic carbocycles. The fraction of sp³-hybridized carbons (Fsp3) is 0.500. The first-order valence-electron chi connectivity index (χ1n) is 5.23. The molecule has 0 radical (unpaired) electrons. The first kappa shape index (κ1) is 11.6. The van der Waals surface area contributed by atoms with Crippen molar-refractivity contribution in [2.45, 2.75) is 24.8 Å². The summed E-state index contributed by atoms with van der Waals surface area (Å²) in [6.45, 7) is -0.672. The molecule has 7 heteroatoms. The topological polar surface area (TPSA) is 113 Å². The number of rotatable bonds is 5. The van der Waals surface area contributed by atoms with Crippen molar-refractivity contribution in [3.63, 3.8) is 0 Å². The van der Waals surface area contributed by atoms with Crippen LogP contribution >= 0.6 is 0 Å². The summed E-state index contributed by atoms with van der Waals surface area (Å²) >= 11 is 0. The highest BCUT2D eigenvalue weighted by molar-refractivity contribution is 5.94. The van der Waals surface area contributed by atoms with Crippen molar-refractivity contribution in [1.29, 1.82) is 0 Å². The molecule has 1 aromatic rings. The lowest BCUT2D eigenvalue weighted by atomic mass is 10.2. The van der Waals surface area contributed by atoms with Crippen molar-refractivity contribution in [2.24, 2.45) is 0 Å². The lowest BCUT2D eigenvalue weighted by Gasteiger charge is -2.09. The van der Waals surface area contributed by atoms with Gasteiger partial charge in [0.2, 0.25) is 0 Å². The summed E-state index contributed by atoms with van der Waals surface area (Å²) in [5.74, 6) is -0.989. The molecule has 0 bridgehead atoms. The van der Waals surface area contributed by atoms with Crippen LogP contribution in [0.3, 0.4) is 0 Å². The van der Waals surface area contributed by atoms with E-state index in [9.17, 15) is 9.59 Å². The number of nitrogens with zero attached hydrogens (tertiary/aromatic N) is 1. The van der Waals surface area contributed by atoms with Crippen molar-refractivity contribution >= 4 is 11.9 Å². The minimum atomic E-state index is -1.33. The number of carbonyl (C=O) groups is 2. The van der Waals surface area contributed by atoms with Crippen molar-refractivity contribution in [3.8, 4) is 0 Å². The monoisotopic (exact) mass is 240 g/mol. The van der Waals surface area contributed by atoms with Gasteiger partial charge in [-0.05, 0) is 12.8 Å². The highest BCUT2D eigenvalue weighted by Crippen LogP contribution is 2.40. The molecule has 1 fully saturated rings. The fourth-order valence-electron chi connectivity index (χ4n) is 1.37. The van der Waals surface area contributed by atoms with Crippen LogP contribution in [0.15, 0.2) is 10.6 Å². The number of nitrogens with one attached hydrogen (secondary N) is 1. The van der Waals surface area contributed by atoms with Crippen LogP contribution in [0.1, 0.15) is 35.0 Å². The molecular formula is C10H12N2O5. The number of aromatic nitrogens is 1. The van der Waals surface area contributed by atoms with Gasteiger partial charge < -0.3 is 20.1 Å². The third kappa shape index (κ3) is 2.62. The minimum Gasteiger partial charge on any atom is -0.480 e. The zero-order valence-electron chi connectivity index (χ0n) is 8.92. The number of amides is 1. The lowest BCUT2D eigenvalue weighted by molar-refractivity contribution is -0.140. The van der Waals surface area contributed by atoms with E-state index in [2.05, 4.69) is 10.5 Å². The van der Waals surface area contributed by atoms with Crippen LogP contribution in [-0.4, -0.2) is 39.9 Å². The van der Waals surface area contributed by atoms with E-state index in [-0.39, 0.29) is 5.69 Å². The maximum atomic E-state index is 11.6. The van der Waals surface area contributed by atoms with Crippen LogP contribution in [0, 0.1) is 0 Å². The first-order valence-corrected chi connectivity index (χ1v) is 5.23. The predicted octanol–water partition coefficient (Wildman–Crippen LogP) is -0.273. The van der Waals surface area contributed by atoms with E-state index in [1.807, 2.05) is 0 Å². The van der Waals surface area contributed by atoms with E-state index >= 15 is 0 Å². The van der Waals surface area contributed by atoms with E-state index in [0.717, 1.165) is 12.8 Å². The predicted molar refractivity (Wildman–Crippen MR) is 54.5 cm³/mol. The van der Waals surface area contributed by atoms with Crippen molar-refractivity contribution in [1.82, 2.24) is 10.5 Å². The Bertz CT molecular complexity index is 438. The van der Waals surface area contributed by atoms with Gasteiger partial charge in [0.1, 0.15) is 5.76 Å². The van der Waals surface area contributed by atoms with Crippen LogP contribution < -0.4 is 5.32 Å². The van der Waals surface area contributed by atoms with Gasteiger partial charge in [0.05, 0.1) is 6.61 Å². The van der Waals surface area contributed by atoms with E-state index < -0.39 is 24.5 Å². The smallest absolute Gasteiger partial charge is 0.328 e. The maximum absolute atomic E-state index is 11.6. The van der Waals surface area contributed by atoms with E-state index in [1.165, 1.54) is 6.07 Å². The van der Waals surface area contributed by atoms with Gasteiger partial charge in [-0.1, -0.05) is 5.16 Å². The number of aliphatic carboxylic acids is 1. The van der Waals surface area contributed by atoms with Crippen LogP contribution in [0.2, 0.25) is 0 Å². The van der Waals surface area contributed by atoms with Gasteiger partial charge in [-0.3, -0.25) is 4.79 Å². The van der Waals surface area contributed by atoms with E-state index in [1.54, 1.807) is 0 Å². The van der Waals surface area contributed by atoms with Crippen molar-refractivity contribution < 1.29 is 24.3 Å². The molecule has 0 spiro atoms. The first-order chi connectivity index (χ1) is 8.11. The summed E-state index contributed by atoms with van der Waals surface area (Å²) in [5, 5.41) is 23.1. The van der Waals surface area contributed by atoms with E-state index in [4.69, 9.17) is 14.7 Å². The molecule has 0 aromatic carbocycles. The zero-order chi connectivity index (χ0) is 12.4. The van der Waals surface area contributed by atoms with Gasteiger partial charge >= 0.3 is 5.97 Å². The Morgan fingerprint density at radius 2 is 2.29 bits per heavy atom. The van der Waals surface area contributed by atoms with Gasteiger partial charge in [-0.15, -0.1) is 0 Å². The van der Waals surface area contributed by atoms with E-state index in [0.29, 0.717) is 11.7 Å². The lowest BCUT2D eigenvalue weighted by Crippen LogP contribution is -2.43. The number of aliphatic hydroxyl groups excluding tert-OH is 1. The molecule has 1 atom stereocenters. The van der Waals surface area contributed by atoms with Gasteiger partial charge in [0, 0.05) is 12.0 Å². The molecule has 1 amide bonds. The Labute approximate surface area is 96.4 Å². The summed E-state index contributed by atoms with van der Waals surface area (Å²) in [6, 6.07) is 0.173. The second-order valence-corrected chi connectivity index (χ2v) is 3.94. The summed E-state index contributed by atoms with van der Waals surface area (Å²) in [4.78, 5) is 22.2. The summed E-state index contributed by atoms with van der Waals surface area (Å²) in [5.41, 5.74) is 0.0339. The average molecular weight is 240 g/mol. The van der Waals surface area contributed by atoms with Gasteiger partial charge in [0.15, 0.2) is 11.7 Å². The Kier molecular flexibility index (Phi) is 3.10. The number of aliphatic hydroxyl groups is 1. The Morgan fingerprint density at radius 1 is 1.59 bits per heavy atom. The molecule has 1 saturated carbocycles. The zero-order valence-corrected chi connectivity index (χ0v) is 8.92. The van der Waals surface area contributed by atoms with Crippen molar-refractivity contribution in [2.75, 3.05) is 6.61 Å². The minimum absolute atomic E-state index is 0.0339. The standard InChI is InChI=1S/C10H12N2O5/c13-4-7(10(15)16)11-9(14)6-3-8(17-12-6)5-1-2-5/h3,5,7,13H,1-2,4H2,(H,11,14)(H,15,16)/t7-/m0/s1. The SMILES string of the molecule is O=C(N[C@@H](CO)C(=O)O)c1cc(C2CC2)on1. The molecule has 92 valence electrons. The summed E-state index contributed by atoms with van der Waals surface area (Å²) in [7, 11) is 0. The molecule has 3 N–H and O–H groups in total. The third-order valence-electron chi connectivity index (χ3n) is 2.53. The quantitative estimate of drug-likeness (QED) is 0.652. The molecule has 17 heavy (non-hydrogen) atoms. The molecule has 0 saturated heterocycles. The second kappa shape index (κ2) is 4.54. The fourth-order valence-corrected chi connectivity index (χ4v) is 1.37. The Balaban J connectivity index is 2.00. The Morgan fingerprint density at radius 3 is 2.82 bits per heavy atom. The largest absolute Gasteiger partial charge is 0.480 e. The number of hydrogen-bond donors (Lipinski definition) is 3. The normalized spacial score (nSPS) is 16.5. The number of carboxylic acids is 1. The second-order valence-electron chi connectivity index (χ2n) is 3.94. The molecule has 7 nitrogen and oxygen atoms in total. The number of carbonyl (C=O) groups excluding carboxylic acids is 1. The summed E-state index contributed by atoms with van der Waals surface area (Å²) < 4.78 is 4.96. The highest BCUT2D eigenvalue weighted by atomic mass is 16.5. The van der Waals surface area contributed by atoms with Gasteiger partial charge in [-0.25, -0.2) is 4.79 Å². The highest BCUT2D eigenvalue weighted by Gasteiger charge is 2.29. The molecule has 0 unspecified atom stereocenters. The molecular weight excluding hydrogens is 228 g/mol. The van der Waals surface area contributed by atoms with Gasteiger partial charge in [0.25, 0.3) is 5.91 Å². The molecule has 1 heterocycles. The molecule has 1 aromatic heterocycles.